The van der Waals surface area contributed by atoms with Crippen LogP contribution >= 0.6 is 0 Å². The van der Waals surface area contributed by atoms with Crippen molar-refractivity contribution in [1.82, 2.24) is 5.32 Å². The third-order valence-corrected chi connectivity index (χ3v) is 2.78. The number of carbonyl (C=O) groups excluding carboxylic acids is 1. The number of alkyl halides is 3. The van der Waals surface area contributed by atoms with E-state index in [-0.39, 0.29) is 11.8 Å². The lowest BCUT2D eigenvalue weighted by Crippen LogP contribution is -2.34. The van der Waals surface area contributed by atoms with Crippen molar-refractivity contribution in [3.8, 4) is 5.75 Å². The third-order valence-electron chi connectivity index (χ3n) is 2.78. The number of carbonyl (C=O) groups is 1. The van der Waals surface area contributed by atoms with E-state index in [0.717, 1.165) is 5.56 Å². The van der Waals surface area contributed by atoms with Gasteiger partial charge in [0.25, 0.3) is 0 Å². The molecule has 1 rings (SSSR count). The topological polar surface area (TPSA) is 47.6 Å². The van der Waals surface area contributed by atoms with Gasteiger partial charge in [0.15, 0.2) is 6.61 Å². The van der Waals surface area contributed by atoms with Crippen molar-refractivity contribution in [1.29, 1.82) is 0 Å². The van der Waals surface area contributed by atoms with E-state index < -0.39 is 24.5 Å². The van der Waals surface area contributed by atoms with Crippen molar-refractivity contribution in [3.05, 3.63) is 29.8 Å². The van der Waals surface area contributed by atoms with Gasteiger partial charge in [-0.3, -0.25) is 0 Å². The van der Waals surface area contributed by atoms with E-state index in [1.165, 1.54) is 12.1 Å². The van der Waals surface area contributed by atoms with Crippen LogP contribution in [-0.4, -0.2) is 24.5 Å². The quantitative estimate of drug-likeness (QED) is 0.856. The normalized spacial score (nSPS) is 13.3. The van der Waals surface area contributed by atoms with Crippen molar-refractivity contribution >= 4 is 6.09 Å². The van der Waals surface area contributed by atoms with Crippen molar-refractivity contribution in [2.24, 2.45) is 0 Å². The summed E-state index contributed by atoms with van der Waals surface area (Å²) in [7, 11) is 0. The Morgan fingerprint density at radius 1 is 1.17 bits per heavy atom. The van der Waals surface area contributed by atoms with Crippen LogP contribution in [-0.2, 0) is 4.74 Å². The molecular weight excluding hydrogens is 311 g/mol. The standard InChI is InChI=1S/C16H22F3NO3/c1-5-13(20-14(21)23-15(2,3)4)11-6-8-12(9-7-11)22-10-16(17,18)19/h6-9,13H,5,10H2,1-4H3,(H,20,21). The zero-order valence-corrected chi connectivity index (χ0v) is 13.7. The Hall–Kier alpha value is -1.92. The van der Waals surface area contributed by atoms with Gasteiger partial charge in [0.05, 0.1) is 6.04 Å². The first-order valence-electron chi connectivity index (χ1n) is 7.29. The smallest absolute Gasteiger partial charge is 0.422 e. The van der Waals surface area contributed by atoms with Crippen LogP contribution in [0.5, 0.6) is 5.75 Å². The summed E-state index contributed by atoms with van der Waals surface area (Å²) in [4.78, 5) is 11.8. The molecule has 0 heterocycles. The van der Waals surface area contributed by atoms with E-state index in [9.17, 15) is 18.0 Å². The van der Waals surface area contributed by atoms with E-state index in [2.05, 4.69) is 10.1 Å². The highest BCUT2D eigenvalue weighted by Crippen LogP contribution is 2.23. The van der Waals surface area contributed by atoms with E-state index in [1.807, 2.05) is 6.92 Å². The molecule has 0 fully saturated rings. The number of rotatable bonds is 5. The summed E-state index contributed by atoms with van der Waals surface area (Å²) < 4.78 is 46.1. The predicted molar refractivity (Wildman–Crippen MR) is 80.4 cm³/mol. The highest BCUT2D eigenvalue weighted by Gasteiger charge is 2.28. The Morgan fingerprint density at radius 2 is 1.74 bits per heavy atom. The predicted octanol–water partition coefficient (Wildman–Crippen LogP) is 4.60. The van der Waals surface area contributed by atoms with Crippen LogP contribution in [0.3, 0.4) is 0 Å². The van der Waals surface area contributed by atoms with Crippen molar-refractivity contribution in [2.45, 2.75) is 51.9 Å². The fourth-order valence-electron chi connectivity index (χ4n) is 1.83. The van der Waals surface area contributed by atoms with Crippen molar-refractivity contribution in [3.63, 3.8) is 0 Å². The van der Waals surface area contributed by atoms with Crippen LogP contribution in [0.25, 0.3) is 0 Å². The summed E-state index contributed by atoms with van der Waals surface area (Å²) in [6.45, 7) is 5.84. The molecule has 0 saturated carbocycles. The van der Waals surface area contributed by atoms with Gasteiger partial charge in [0.2, 0.25) is 0 Å². The largest absolute Gasteiger partial charge is 0.484 e. The molecule has 0 aromatic heterocycles. The molecule has 1 N–H and O–H groups in total. The first kappa shape index (κ1) is 19.1. The van der Waals surface area contributed by atoms with Gasteiger partial charge in [-0.1, -0.05) is 19.1 Å². The zero-order valence-electron chi connectivity index (χ0n) is 13.7. The summed E-state index contributed by atoms with van der Waals surface area (Å²) in [5.74, 6) is 0.123. The molecule has 0 aliphatic carbocycles. The molecule has 23 heavy (non-hydrogen) atoms. The number of amides is 1. The zero-order chi connectivity index (χ0) is 17.7. The molecule has 0 aliphatic rings. The molecule has 0 aliphatic heterocycles. The lowest BCUT2D eigenvalue weighted by Gasteiger charge is -2.23. The first-order valence-corrected chi connectivity index (χ1v) is 7.29. The van der Waals surface area contributed by atoms with Crippen LogP contribution in [0.2, 0.25) is 0 Å². The molecule has 130 valence electrons. The molecule has 0 radical (unpaired) electrons. The van der Waals surface area contributed by atoms with Gasteiger partial charge < -0.3 is 14.8 Å². The second-order valence-corrected chi connectivity index (χ2v) is 6.08. The number of nitrogens with one attached hydrogen (secondary N) is 1. The second kappa shape index (κ2) is 7.57. The number of hydrogen-bond acceptors (Lipinski definition) is 3. The Morgan fingerprint density at radius 3 is 2.17 bits per heavy atom. The molecular formula is C16H22F3NO3. The molecule has 1 aromatic carbocycles. The Kier molecular flexibility index (Phi) is 6.29. The Labute approximate surface area is 134 Å². The molecule has 1 aromatic rings. The number of alkyl carbamates (subject to hydrolysis) is 1. The van der Waals surface area contributed by atoms with E-state index >= 15 is 0 Å². The molecule has 1 atom stereocenters. The van der Waals surface area contributed by atoms with Crippen LogP contribution in [0.4, 0.5) is 18.0 Å². The molecule has 0 bridgehead atoms. The van der Waals surface area contributed by atoms with Gasteiger partial charge in [-0.15, -0.1) is 0 Å². The highest BCUT2D eigenvalue weighted by molar-refractivity contribution is 5.68. The number of halogens is 3. The van der Waals surface area contributed by atoms with Gasteiger partial charge >= 0.3 is 12.3 Å². The molecule has 0 saturated heterocycles. The summed E-state index contributed by atoms with van der Waals surface area (Å²) >= 11 is 0. The van der Waals surface area contributed by atoms with Gasteiger partial charge in [-0.25, -0.2) is 4.79 Å². The minimum absolute atomic E-state index is 0.123. The second-order valence-electron chi connectivity index (χ2n) is 6.08. The minimum Gasteiger partial charge on any atom is -0.484 e. The molecule has 0 spiro atoms. The fourth-order valence-corrected chi connectivity index (χ4v) is 1.83. The maximum atomic E-state index is 12.1. The number of hydrogen-bond donors (Lipinski definition) is 1. The van der Waals surface area contributed by atoms with E-state index in [1.54, 1.807) is 32.9 Å². The van der Waals surface area contributed by atoms with Crippen LogP contribution < -0.4 is 10.1 Å². The van der Waals surface area contributed by atoms with Gasteiger partial charge in [-0.2, -0.15) is 13.2 Å². The van der Waals surface area contributed by atoms with Crippen molar-refractivity contribution in [2.75, 3.05) is 6.61 Å². The van der Waals surface area contributed by atoms with Crippen LogP contribution in [0.15, 0.2) is 24.3 Å². The lowest BCUT2D eigenvalue weighted by molar-refractivity contribution is -0.153. The summed E-state index contributed by atoms with van der Waals surface area (Å²) in [6, 6.07) is 5.84. The SMILES string of the molecule is CCC(NC(=O)OC(C)(C)C)c1ccc(OCC(F)(F)F)cc1. The average molecular weight is 333 g/mol. The minimum atomic E-state index is -4.37. The summed E-state index contributed by atoms with van der Waals surface area (Å²) in [6.07, 6.45) is -4.30. The monoisotopic (exact) mass is 333 g/mol. The van der Waals surface area contributed by atoms with E-state index in [0.29, 0.717) is 6.42 Å². The lowest BCUT2D eigenvalue weighted by atomic mass is 10.0. The fraction of sp³-hybridized carbons (Fsp3) is 0.562. The maximum absolute atomic E-state index is 12.1. The molecule has 4 nitrogen and oxygen atoms in total. The molecule has 1 unspecified atom stereocenters. The van der Waals surface area contributed by atoms with Gasteiger partial charge in [-0.05, 0) is 44.9 Å². The Balaban J connectivity index is 2.66. The molecule has 1 amide bonds. The van der Waals surface area contributed by atoms with Crippen LogP contribution in [0, 0.1) is 0 Å². The third kappa shape index (κ3) is 7.76. The van der Waals surface area contributed by atoms with Gasteiger partial charge in [0, 0.05) is 0 Å². The number of benzene rings is 1. The van der Waals surface area contributed by atoms with Crippen molar-refractivity contribution < 1.29 is 27.4 Å². The summed E-state index contributed by atoms with van der Waals surface area (Å²) in [5, 5.41) is 2.73. The Bertz CT molecular complexity index is 507. The maximum Gasteiger partial charge on any atom is 0.422 e. The number of ether oxygens (including phenoxy) is 2. The summed E-state index contributed by atoms with van der Waals surface area (Å²) in [5.41, 5.74) is 0.162. The van der Waals surface area contributed by atoms with Crippen LogP contribution in [0.1, 0.15) is 45.7 Å². The first-order chi connectivity index (χ1) is 10.5. The molecule has 7 heteroatoms. The van der Waals surface area contributed by atoms with E-state index in [4.69, 9.17) is 4.74 Å². The van der Waals surface area contributed by atoms with Gasteiger partial charge in [0.1, 0.15) is 11.4 Å². The average Bonchev–Trinajstić information content (AvgIpc) is 2.40. The highest BCUT2D eigenvalue weighted by atomic mass is 19.4.